The van der Waals surface area contributed by atoms with Crippen molar-refractivity contribution in [2.24, 2.45) is 5.92 Å². The predicted octanol–water partition coefficient (Wildman–Crippen LogP) is 3.97. The molecule has 2 aromatic rings. The van der Waals surface area contributed by atoms with Crippen LogP contribution in [0.1, 0.15) is 52.3 Å². The lowest BCUT2D eigenvalue weighted by Crippen LogP contribution is -2.56. The van der Waals surface area contributed by atoms with Crippen LogP contribution in [0.4, 0.5) is 14.8 Å². The zero-order valence-corrected chi connectivity index (χ0v) is 21.5. The minimum absolute atomic E-state index is 0.0529. The summed E-state index contributed by atoms with van der Waals surface area (Å²) < 4.78 is 62.5. The molecule has 11 heteroatoms. The summed E-state index contributed by atoms with van der Waals surface area (Å²) in [6.45, 7) is 7.76. The highest BCUT2D eigenvalue weighted by Crippen LogP contribution is 2.32. The van der Waals surface area contributed by atoms with E-state index in [-0.39, 0.29) is 22.5 Å². The standard InChI is InChI=1S/C24H34F2N4O4S/c1-16-14-29(23-27-22(28-34-23)24(2,3)26)11-12-30(16)18-7-5-17(6-8-18)15-33-21-10-9-19(13-20(21)25)35(4,31)32/h9-10,13,16-18H,5-8,11-12,14-15H2,1-4H3/t16-,17?,18?/m0/s1. The predicted molar refractivity (Wildman–Crippen MR) is 128 cm³/mol. The first-order valence-electron chi connectivity index (χ1n) is 12.1. The van der Waals surface area contributed by atoms with E-state index in [1.165, 1.54) is 26.0 Å². The van der Waals surface area contributed by atoms with Gasteiger partial charge in [-0.1, -0.05) is 5.16 Å². The Morgan fingerprint density at radius 1 is 1.20 bits per heavy atom. The Labute approximate surface area is 205 Å². The molecule has 2 heterocycles. The fourth-order valence-electron chi connectivity index (χ4n) is 4.95. The molecule has 0 bridgehead atoms. The molecule has 0 amide bonds. The molecule has 4 rings (SSSR count). The molecule has 1 aliphatic heterocycles. The van der Waals surface area contributed by atoms with E-state index < -0.39 is 21.3 Å². The number of benzene rings is 1. The molecule has 0 N–H and O–H groups in total. The average molecular weight is 513 g/mol. The number of alkyl halides is 1. The molecule has 1 aromatic carbocycles. The van der Waals surface area contributed by atoms with Crippen molar-refractivity contribution >= 4 is 15.9 Å². The Morgan fingerprint density at radius 2 is 1.91 bits per heavy atom. The summed E-state index contributed by atoms with van der Waals surface area (Å²) in [5.41, 5.74) is -1.64. The van der Waals surface area contributed by atoms with Gasteiger partial charge in [0.2, 0.25) is 5.82 Å². The van der Waals surface area contributed by atoms with Crippen molar-refractivity contribution in [3.63, 3.8) is 0 Å². The number of halogens is 2. The Morgan fingerprint density at radius 3 is 2.49 bits per heavy atom. The minimum atomic E-state index is -3.45. The molecule has 2 fully saturated rings. The van der Waals surface area contributed by atoms with Gasteiger partial charge in [0.1, 0.15) is 0 Å². The molecule has 1 atom stereocenters. The Kier molecular flexibility index (Phi) is 7.38. The number of sulfone groups is 1. The Bertz CT molecular complexity index is 1130. The van der Waals surface area contributed by atoms with Crippen LogP contribution in [0.5, 0.6) is 5.75 Å². The molecule has 1 saturated heterocycles. The van der Waals surface area contributed by atoms with Crippen LogP contribution >= 0.6 is 0 Å². The van der Waals surface area contributed by atoms with Crippen molar-refractivity contribution in [1.82, 2.24) is 15.0 Å². The number of hydrogen-bond acceptors (Lipinski definition) is 8. The summed E-state index contributed by atoms with van der Waals surface area (Å²) in [4.78, 5) is 8.73. The number of anilines is 1. The smallest absolute Gasteiger partial charge is 0.324 e. The summed E-state index contributed by atoms with van der Waals surface area (Å²) >= 11 is 0. The van der Waals surface area contributed by atoms with Gasteiger partial charge in [0.25, 0.3) is 0 Å². The van der Waals surface area contributed by atoms with Crippen molar-refractivity contribution in [3.8, 4) is 5.75 Å². The normalized spacial score (nSPS) is 24.5. The molecule has 1 aromatic heterocycles. The van der Waals surface area contributed by atoms with Gasteiger partial charge in [-0.2, -0.15) is 4.98 Å². The van der Waals surface area contributed by atoms with E-state index in [0.717, 1.165) is 57.6 Å². The van der Waals surface area contributed by atoms with Crippen LogP contribution in [0, 0.1) is 11.7 Å². The van der Waals surface area contributed by atoms with Crippen LogP contribution in [0.25, 0.3) is 0 Å². The van der Waals surface area contributed by atoms with Gasteiger partial charge in [-0.3, -0.25) is 4.90 Å². The zero-order valence-electron chi connectivity index (χ0n) is 20.7. The first-order valence-corrected chi connectivity index (χ1v) is 14.0. The number of nitrogens with zero attached hydrogens (tertiary/aromatic N) is 4. The van der Waals surface area contributed by atoms with Crippen LogP contribution in [0.3, 0.4) is 0 Å². The first kappa shape index (κ1) is 25.8. The third-order valence-corrected chi connectivity index (χ3v) is 8.10. The van der Waals surface area contributed by atoms with Gasteiger partial charge in [0, 0.05) is 38.0 Å². The molecule has 2 aliphatic rings. The zero-order chi connectivity index (χ0) is 25.4. The number of ether oxygens (including phenoxy) is 1. The van der Waals surface area contributed by atoms with E-state index >= 15 is 0 Å². The van der Waals surface area contributed by atoms with E-state index in [9.17, 15) is 17.2 Å². The summed E-state index contributed by atoms with van der Waals surface area (Å²) in [7, 11) is -3.45. The van der Waals surface area contributed by atoms with Crippen molar-refractivity contribution in [2.45, 2.75) is 69.1 Å². The molecular weight excluding hydrogens is 478 g/mol. The SMILES string of the molecule is C[C@H]1CN(c2nc(C(C)(C)F)no2)CCN1C1CCC(COc2ccc(S(C)(=O)=O)cc2F)CC1. The monoisotopic (exact) mass is 512 g/mol. The van der Waals surface area contributed by atoms with Crippen LogP contribution in [0.2, 0.25) is 0 Å². The second kappa shape index (κ2) is 10.0. The van der Waals surface area contributed by atoms with Gasteiger partial charge < -0.3 is 14.2 Å². The van der Waals surface area contributed by atoms with Crippen LogP contribution in [0.15, 0.2) is 27.6 Å². The molecular formula is C24H34F2N4O4S. The molecule has 194 valence electrons. The number of rotatable bonds is 7. The summed E-state index contributed by atoms with van der Waals surface area (Å²) in [5, 5.41) is 3.79. The third kappa shape index (κ3) is 6.11. The number of hydrogen-bond donors (Lipinski definition) is 0. The van der Waals surface area contributed by atoms with Crippen molar-refractivity contribution in [3.05, 3.63) is 29.8 Å². The summed E-state index contributed by atoms with van der Waals surface area (Å²) in [6.07, 6.45) is 5.09. The highest BCUT2D eigenvalue weighted by atomic mass is 32.2. The summed E-state index contributed by atoms with van der Waals surface area (Å²) in [6, 6.07) is 4.90. The van der Waals surface area contributed by atoms with Gasteiger partial charge in [0.15, 0.2) is 27.1 Å². The molecule has 0 radical (unpaired) electrons. The molecule has 0 unspecified atom stereocenters. The fraction of sp³-hybridized carbons (Fsp3) is 0.667. The van der Waals surface area contributed by atoms with E-state index in [0.29, 0.717) is 24.6 Å². The summed E-state index contributed by atoms with van der Waals surface area (Å²) in [5.74, 6) is -0.173. The topological polar surface area (TPSA) is 88.8 Å². The van der Waals surface area contributed by atoms with Crippen LogP contribution in [-0.2, 0) is 15.5 Å². The second-order valence-corrected chi connectivity index (χ2v) is 12.3. The third-order valence-electron chi connectivity index (χ3n) is 6.99. The van der Waals surface area contributed by atoms with E-state index in [2.05, 4.69) is 22.0 Å². The highest BCUT2D eigenvalue weighted by molar-refractivity contribution is 7.90. The maximum absolute atomic E-state index is 14.3. The molecule has 0 spiro atoms. The largest absolute Gasteiger partial charge is 0.490 e. The van der Waals surface area contributed by atoms with E-state index in [1.807, 2.05) is 4.90 Å². The van der Waals surface area contributed by atoms with Crippen molar-refractivity contribution < 1.29 is 26.5 Å². The van der Waals surface area contributed by atoms with E-state index in [1.54, 1.807) is 0 Å². The molecule has 1 aliphatic carbocycles. The minimum Gasteiger partial charge on any atom is -0.490 e. The van der Waals surface area contributed by atoms with Crippen molar-refractivity contribution in [1.29, 1.82) is 0 Å². The second-order valence-electron chi connectivity index (χ2n) is 10.3. The number of piperazine rings is 1. The fourth-order valence-corrected chi connectivity index (χ4v) is 5.59. The van der Waals surface area contributed by atoms with Gasteiger partial charge in [-0.05, 0) is 70.6 Å². The first-order chi connectivity index (χ1) is 16.4. The lowest BCUT2D eigenvalue weighted by atomic mass is 9.85. The lowest BCUT2D eigenvalue weighted by molar-refractivity contribution is 0.0763. The van der Waals surface area contributed by atoms with Crippen molar-refractivity contribution in [2.75, 3.05) is 37.4 Å². The van der Waals surface area contributed by atoms with Crippen LogP contribution < -0.4 is 9.64 Å². The average Bonchev–Trinajstić information content (AvgIpc) is 3.29. The lowest BCUT2D eigenvalue weighted by Gasteiger charge is -2.45. The maximum Gasteiger partial charge on any atom is 0.324 e. The van der Waals surface area contributed by atoms with Gasteiger partial charge in [-0.25, -0.2) is 17.2 Å². The Balaban J connectivity index is 1.25. The highest BCUT2D eigenvalue weighted by Gasteiger charge is 2.35. The maximum atomic E-state index is 14.3. The van der Waals surface area contributed by atoms with E-state index in [4.69, 9.17) is 9.26 Å². The van der Waals surface area contributed by atoms with Gasteiger partial charge in [0.05, 0.1) is 11.5 Å². The van der Waals surface area contributed by atoms with Gasteiger partial charge in [-0.15, -0.1) is 0 Å². The Hall–Kier alpha value is -2.27. The van der Waals surface area contributed by atoms with Gasteiger partial charge >= 0.3 is 6.01 Å². The molecule has 8 nitrogen and oxygen atoms in total. The number of aromatic nitrogens is 2. The molecule has 35 heavy (non-hydrogen) atoms. The quantitative estimate of drug-likeness (QED) is 0.551. The molecule has 1 saturated carbocycles. The van der Waals surface area contributed by atoms with Crippen LogP contribution in [-0.4, -0.2) is 68.0 Å².